The Bertz CT molecular complexity index is 1100. The Labute approximate surface area is 167 Å². The Morgan fingerprint density at radius 3 is 2.19 bits per heavy atom. The molecule has 0 unspecified atom stereocenters. The summed E-state index contributed by atoms with van der Waals surface area (Å²) in [5.74, 6) is -0.863. The molecule has 0 atom stereocenters. The molecule has 4 rings (SSSR count). The number of carboxylic acid groups (broad SMARTS) is 1. The van der Waals surface area contributed by atoms with Crippen molar-refractivity contribution in [2.45, 2.75) is 51.9 Å². The SMILES string of the molecule is CCCCCCCCc1ccc2c(c1)sc1c3ccc(C(=O)O)cc3sc21. The number of unbranched alkanes of at least 4 members (excludes halogenated alkanes) is 5. The molecule has 0 radical (unpaired) electrons. The predicted octanol–water partition coefficient (Wildman–Crippen LogP) is 7.87. The summed E-state index contributed by atoms with van der Waals surface area (Å²) in [6.07, 6.45) is 9.15. The summed E-state index contributed by atoms with van der Waals surface area (Å²) in [5.41, 5.74) is 1.80. The van der Waals surface area contributed by atoms with Crippen molar-refractivity contribution >= 4 is 58.2 Å². The quantitative estimate of drug-likeness (QED) is 0.308. The normalized spacial score (nSPS) is 11.7. The zero-order valence-electron chi connectivity index (χ0n) is 15.6. The number of aromatic carboxylic acids is 1. The van der Waals surface area contributed by atoms with Crippen LogP contribution < -0.4 is 0 Å². The molecule has 1 N–H and O–H groups in total. The van der Waals surface area contributed by atoms with E-state index in [0.717, 1.165) is 11.1 Å². The number of hydrogen-bond donors (Lipinski definition) is 1. The van der Waals surface area contributed by atoms with Crippen molar-refractivity contribution in [2.24, 2.45) is 0 Å². The molecule has 0 saturated heterocycles. The van der Waals surface area contributed by atoms with Crippen LogP contribution in [-0.2, 0) is 6.42 Å². The Hall–Kier alpha value is -1.91. The summed E-state index contributed by atoms with van der Waals surface area (Å²) in [4.78, 5) is 11.2. The van der Waals surface area contributed by atoms with Gasteiger partial charge in [-0.15, -0.1) is 22.7 Å². The molecule has 0 fully saturated rings. The maximum Gasteiger partial charge on any atom is 0.335 e. The molecule has 4 aromatic rings. The zero-order valence-corrected chi connectivity index (χ0v) is 17.2. The molecule has 0 amide bonds. The fraction of sp³-hybridized carbons (Fsp3) is 0.348. The van der Waals surface area contributed by atoms with E-state index in [1.807, 2.05) is 17.4 Å². The summed E-state index contributed by atoms with van der Waals surface area (Å²) in [6.45, 7) is 2.26. The lowest BCUT2D eigenvalue weighted by Crippen LogP contribution is -1.94. The monoisotopic (exact) mass is 396 g/mol. The van der Waals surface area contributed by atoms with Crippen LogP contribution in [-0.4, -0.2) is 11.1 Å². The van der Waals surface area contributed by atoms with Crippen molar-refractivity contribution in [1.29, 1.82) is 0 Å². The van der Waals surface area contributed by atoms with Crippen molar-refractivity contribution in [3.05, 3.63) is 47.5 Å². The molecule has 0 aliphatic rings. The fourth-order valence-corrected chi connectivity index (χ4v) is 6.45. The molecule has 140 valence electrons. The van der Waals surface area contributed by atoms with E-state index in [4.69, 9.17) is 0 Å². The highest BCUT2D eigenvalue weighted by molar-refractivity contribution is 7.36. The van der Waals surface area contributed by atoms with Crippen molar-refractivity contribution in [1.82, 2.24) is 0 Å². The minimum absolute atomic E-state index is 0.363. The largest absolute Gasteiger partial charge is 0.478 e. The van der Waals surface area contributed by atoms with Crippen LogP contribution >= 0.6 is 22.7 Å². The van der Waals surface area contributed by atoms with Gasteiger partial charge in [-0.3, -0.25) is 0 Å². The van der Waals surface area contributed by atoms with Gasteiger partial charge in [-0.1, -0.05) is 57.2 Å². The van der Waals surface area contributed by atoms with Gasteiger partial charge in [-0.05, 0) is 36.6 Å². The van der Waals surface area contributed by atoms with Crippen LogP contribution in [0.4, 0.5) is 0 Å². The summed E-state index contributed by atoms with van der Waals surface area (Å²) in [6, 6.07) is 12.4. The van der Waals surface area contributed by atoms with Crippen LogP contribution in [0.1, 0.15) is 61.4 Å². The first-order valence-electron chi connectivity index (χ1n) is 9.78. The lowest BCUT2D eigenvalue weighted by Gasteiger charge is -2.02. The molecule has 0 aliphatic heterocycles. The number of carbonyl (C=O) groups is 1. The summed E-state index contributed by atoms with van der Waals surface area (Å²) < 4.78 is 5.00. The molecule has 0 spiro atoms. The van der Waals surface area contributed by atoms with Gasteiger partial charge in [-0.2, -0.15) is 0 Å². The fourth-order valence-electron chi connectivity index (χ4n) is 3.70. The number of rotatable bonds is 8. The third-order valence-corrected chi connectivity index (χ3v) is 7.71. The van der Waals surface area contributed by atoms with E-state index in [9.17, 15) is 9.90 Å². The minimum Gasteiger partial charge on any atom is -0.478 e. The van der Waals surface area contributed by atoms with Gasteiger partial charge < -0.3 is 5.11 Å². The highest BCUT2D eigenvalue weighted by Gasteiger charge is 2.14. The molecule has 0 bridgehead atoms. The number of hydrogen-bond acceptors (Lipinski definition) is 3. The standard InChI is InChI=1S/C23H24O2S2/c1-2-3-4-5-6-7-8-15-9-11-17-19(13-15)26-22-18-12-10-16(23(24)25)14-20(18)27-21(17)22/h9-14H,2-8H2,1H3,(H,24,25). The van der Waals surface area contributed by atoms with Crippen LogP contribution in [0.5, 0.6) is 0 Å². The maximum absolute atomic E-state index is 11.2. The highest BCUT2D eigenvalue weighted by atomic mass is 32.1. The van der Waals surface area contributed by atoms with Gasteiger partial charge in [0.15, 0.2) is 0 Å². The second kappa shape index (κ2) is 7.99. The van der Waals surface area contributed by atoms with Crippen LogP contribution in [0, 0.1) is 0 Å². The Kier molecular flexibility index (Phi) is 5.46. The van der Waals surface area contributed by atoms with Crippen LogP contribution in [0.2, 0.25) is 0 Å². The first-order valence-corrected chi connectivity index (χ1v) is 11.4. The average molecular weight is 397 g/mol. The lowest BCUT2D eigenvalue weighted by atomic mass is 10.0. The van der Waals surface area contributed by atoms with Crippen LogP contribution in [0.15, 0.2) is 36.4 Å². The topological polar surface area (TPSA) is 37.3 Å². The molecule has 0 aliphatic carbocycles. The summed E-state index contributed by atoms with van der Waals surface area (Å²) in [5, 5.41) is 11.7. The third kappa shape index (κ3) is 3.74. The van der Waals surface area contributed by atoms with Crippen molar-refractivity contribution in [2.75, 3.05) is 0 Å². The van der Waals surface area contributed by atoms with Crippen LogP contribution in [0.25, 0.3) is 29.6 Å². The van der Waals surface area contributed by atoms with Gasteiger partial charge in [0.05, 0.1) is 15.0 Å². The summed E-state index contributed by atoms with van der Waals surface area (Å²) >= 11 is 3.55. The Balaban J connectivity index is 1.57. The van der Waals surface area contributed by atoms with Gasteiger partial charge in [0.2, 0.25) is 0 Å². The van der Waals surface area contributed by atoms with E-state index in [-0.39, 0.29) is 0 Å². The van der Waals surface area contributed by atoms with Crippen molar-refractivity contribution in [3.63, 3.8) is 0 Å². The predicted molar refractivity (Wildman–Crippen MR) is 119 cm³/mol. The second-order valence-corrected chi connectivity index (χ2v) is 9.33. The smallest absolute Gasteiger partial charge is 0.335 e. The van der Waals surface area contributed by atoms with E-state index in [1.54, 1.807) is 23.5 Å². The number of fused-ring (bicyclic) bond motifs is 5. The van der Waals surface area contributed by atoms with Gasteiger partial charge in [0.25, 0.3) is 0 Å². The number of aryl methyl sites for hydroxylation is 1. The second-order valence-electron chi connectivity index (χ2n) is 7.23. The molecule has 0 saturated carbocycles. The van der Waals surface area contributed by atoms with E-state index in [2.05, 4.69) is 25.1 Å². The van der Waals surface area contributed by atoms with Crippen molar-refractivity contribution in [3.8, 4) is 0 Å². The lowest BCUT2D eigenvalue weighted by molar-refractivity contribution is 0.0697. The molecular weight excluding hydrogens is 372 g/mol. The summed E-state index contributed by atoms with van der Waals surface area (Å²) in [7, 11) is 0. The zero-order chi connectivity index (χ0) is 18.8. The van der Waals surface area contributed by atoms with Gasteiger partial charge in [0.1, 0.15) is 0 Å². The number of carboxylic acids is 1. The minimum atomic E-state index is -0.863. The maximum atomic E-state index is 11.2. The highest BCUT2D eigenvalue weighted by Crippen LogP contribution is 2.44. The van der Waals surface area contributed by atoms with Gasteiger partial charge in [-0.25, -0.2) is 4.79 Å². The van der Waals surface area contributed by atoms with Gasteiger partial charge in [0, 0.05) is 20.2 Å². The molecule has 4 heteroatoms. The number of benzene rings is 2. The average Bonchev–Trinajstić information content (AvgIpc) is 3.19. The van der Waals surface area contributed by atoms with E-state index in [0.29, 0.717) is 5.56 Å². The molecular formula is C23H24O2S2. The van der Waals surface area contributed by atoms with E-state index in [1.165, 1.54) is 69.0 Å². The first-order chi connectivity index (χ1) is 13.2. The molecule has 2 aromatic heterocycles. The van der Waals surface area contributed by atoms with E-state index < -0.39 is 5.97 Å². The molecule has 2 heterocycles. The third-order valence-electron chi connectivity index (χ3n) is 5.21. The Morgan fingerprint density at radius 2 is 1.48 bits per heavy atom. The molecule has 2 aromatic carbocycles. The number of thiophene rings is 2. The van der Waals surface area contributed by atoms with E-state index >= 15 is 0 Å². The van der Waals surface area contributed by atoms with Gasteiger partial charge >= 0.3 is 5.97 Å². The molecule has 2 nitrogen and oxygen atoms in total. The first kappa shape index (κ1) is 18.5. The Morgan fingerprint density at radius 1 is 0.852 bits per heavy atom. The molecule has 27 heavy (non-hydrogen) atoms. The van der Waals surface area contributed by atoms with Crippen LogP contribution in [0.3, 0.4) is 0 Å². The van der Waals surface area contributed by atoms with Crippen molar-refractivity contribution < 1.29 is 9.90 Å².